The van der Waals surface area contributed by atoms with Gasteiger partial charge in [0.05, 0.1) is 5.60 Å². The number of hydrogen-bond donors (Lipinski definition) is 1. The molecule has 0 bridgehead atoms. The van der Waals surface area contributed by atoms with Crippen molar-refractivity contribution in [2.75, 3.05) is 0 Å². The van der Waals surface area contributed by atoms with Crippen molar-refractivity contribution in [2.45, 2.75) is 52.1 Å². The van der Waals surface area contributed by atoms with Crippen molar-refractivity contribution in [1.29, 1.82) is 0 Å². The Bertz CT molecular complexity index is 247. The van der Waals surface area contributed by atoms with Crippen molar-refractivity contribution in [1.82, 2.24) is 0 Å². The van der Waals surface area contributed by atoms with Crippen molar-refractivity contribution in [3.8, 4) is 0 Å². The minimum atomic E-state index is -0.646. The van der Waals surface area contributed by atoms with Crippen LogP contribution in [0.15, 0.2) is 24.8 Å². The molecule has 2 atom stereocenters. The maximum absolute atomic E-state index is 10.5. The predicted molar refractivity (Wildman–Crippen MR) is 65.7 cm³/mol. The van der Waals surface area contributed by atoms with Crippen LogP contribution >= 0.6 is 0 Å². The molecule has 0 aromatic rings. The second-order valence-electron chi connectivity index (χ2n) is 5.89. The first-order valence-electron chi connectivity index (χ1n) is 5.90. The Morgan fingerprint density at radius 3 is 2.60 bits per heavy atom. The van der Waals surface area contributed by atoms with E-state index in [-0.39, 0.29) is 11.3 Å². The highest BCUT2D eigenvalue weighted by Crippen LogP contribution is 2.37. The molecule has 86 valence electrons. The highest BCUT2D eigenvalue weighted by atomic mass is 16.3. The van der Waals surface area contributed by atoms with Gasteiger partial charge in [0.2, 0.25) is 0 Å². The van der Waals surface area contributed by atoms with Gasteiger partial charge in [0, 0.05) is 5.92 Å². The highest BCUT2D eigenvalue weighted by Gasteiger charge is 2.35. The summed E-state index contributed by atoms with van der Waals surface area (Å²) in [6, 6.07) is 0. The zero-order valence-corrected chi connectivity index (χ0v) is 10.3. The zero-order valence-electron chi connectivity index (χ0n) is 10.3. The van der Waals surface area contributed by atoms with Crippen molar-refractivity contribution in [3.05, 3.63) is 24.8 Å². The van der Waals surface area contributed by atoms with E-state index in [2.05, 4.69) is 33.4 Å². The van der Waals surface area contributed by atoms with E-state index in [1.807, 2.05) is 12.2 Å². The summed E-state index contributed by atoms with van der Waals surface area (Å²) >= 11 is 0. The molecule has 1 aliphatic rings. The lowest BCUT2D eigenvalue weighted by atomic mass is 9.72. The Kier molecular flexibility index (Phi) is 3.77. The summed E-state index contributed by atoms with van der Waals surface area (Å²) in [6.45, 7) is 10.5. The Morgan fingerprint density at radius 2 is 2.20 bits per heavy atom. The van der Waals surface area contributed by atoms with Crippen LogP contribution in [-0.4, -0.2) is 10.7 Å². The van der Waals surface area contributed by atoms with Crippen molar-refractivity contribution >= 4 is 0 Å². The summed E-state index contributed by atoms with van der Waals surface area (Å²) in [5.41, 5.74) is -0.410. The van der Waals surface area contributed by atoms with Gasteiger partial charge >= 0.3 is 0 Å². The first-order chi connectivity index (χ1) is 6.87. The summed E-state index contributed by atoms with van der Waals surface area (Å²) in [7, 11) is 0. The molecule has 0 heterocycles. The van der Waals surface area contributed by atoms with E-state index in [1.165, 1.54) is 0 Å². The van der Waals surface area contributed by atoms with E-state index in [0.717, 1.165) is 25.7 Å². The van der Waals surface area contributed by atoms with Gasteiger partial charge < -0.3 is 5.11 Å². The molecule has 0 radical (unpaired) electrons. The standard InChI is InChI=1S/C14H24O/c1-5-12(11-13(2,3)4)14(15)9-7-6-8-10-14/h5,7,9,12,15H,1,6,8,10-11H2,2-4H3. The van der Waals surface area contributed by atoms with Crippen LogP contribution in [0.3, 0.4) is 0 Å². The van der Waals surface area contributed by atoms with E-state index < -0.39 is 5.60 Å². The van der Waals surface area contributed by atoms with Crippen LogP contribution in [-0.2, 0) is 0 Å². The predicted octanol–water partition coefficient (Wildman–Crippen LogP) is 3.70. The molecule has 2 unspecified atom stereocenters. The van der Waals surface area contributed by atoms with E-state index in [4.69, 9.17) is 0 Å². The molecule has 15 heavy (non-hydrogen) atoms. The Morgan fingerprint density at radius 1 is 1.53 bits per heavy atom. The van der Waals surface area contributed by atoms with Gasteiger partial charge in [0.1, 0.15) is 0 Å². The Labute approximate surface area is 93.9 Å². The summed E-state index contributed by atoms with van der Waals surface area (Å²) in [6.07, 6.45) is 10.0. The van der Waals surface area contributed by atoms with Crippen LogP contribution in [0, 0.1) is 11.3 Å². The van der Waals surface area contributed by atoms with Gasteiger partial charge in [-0.05, 0) is 31.1 Å². The van der Waals surface area contributed by atoms with Crippen molar-refractivity contribution in [3.63, 3.8) is 0 Å². The van der Waals surface area contributed by atoms with Gasteiger partial charge in [-0.1, -0.05) is 39.0 Å². The third kappa shape index (κ3) is 3.49. The maximum atomic E-state index is 10.5. The fraction of sp³-hybridized carbons (Fsp3) is 0.714. The molecule has 0 spiro atoms. The average Bonchev–Trinajstić information content (AvgIpc) is 2.14. The quantitative estimate of drug-likeness (QED) is 0.701. The lowest BCUT2D eigenvalue weighted by Gasteiger charge is -2.37. The van der Waals surface area contributed by atoms with Crippen LogP contribution in [0.4, 0.5) is 0 Å². The fourth-order valence-corrected chi connectivity index (χ4v) is 2.31. The minimum absolute atomic E-state index is 0.175. The molecule has 0 aromatic carbocycles. The Hall–Kier alpha value is -0.560. The second kappa shape index (κ2) is 4.52. The Balaban J connectivity index is 2.77. The second-order valence-corrected chi connectivity index (χ2v) is 5.89. The minimum Gasteiger partial charge on any atom is -0.385 e. The molecule has 0 fully saturated rings. The van der Waals surface area contributed by atoms with Gasteiger partial charge in [-0.3, -0.25) is 0 Å². The van der Waals surface area contributed by atoms with Crippen LogP contribution in [0.1, 0.15) is 46.5 Å². The van der Waals surface area contributed by atoms with Crippen LogP contribution in [0.5, 0.6) is 0 Å². The van der Waals surface area contributed by atoms with Gasteiger partial charge in [-0.25, -0.2) is 0 Å². The topological polar surface area (TPSA) is 20.2 Å². The van der Waals surface area contributed by atoms with Crippen molar-refractivity contribution < 1.29 is 5.11 Å². The molecular weight excluding hydrogens is 184 g/mol. The summed E-state index contributed by atoms with van der Waals surface area (Å²) < 4.78 is 0. The molecule has 0 saturated carbocycles. The molecule has 1 aliphatic carbocycles. The van der Waals surface area contributed by atoms with Gasteiger partial charge in [-0.2, -0.15) is 0 Å². The van der Waals surface area contributed by atoms with Gasteiger partial charge in [-0.15, -0.1) is 6.58 Å². The molecule has 1 N–H and O–H groups in total. The lowest BCUT2D eigenvalue weighted by Crippen LogP contribution is -2.38. The maximum Gasteiger partial charge on any atom is 0.0890 e. The smallest absolute Gasteiger partial charge is 0.0890 e. The number of hydrogen-bond acceptors (Lipinski definition) is 1. The summed E-state index contributed by atoms with van der Waals surface area (Å²) in [4.78, 5) is 0. The third-order valence-corrected chi connectivity index (χ3v) is 3.11. The molecule has 1 heteroatoms. The molecule has 1 rings (SSSR count). The lowest BCUT2D eigenvalue weighted by molar-refractivity contribution is 0.0178. The van der Waals surface area contributed by atoms with E-state index >= 15 is 0 Å². The highest BCUT2D eigenvalue weighted by molar-refractivity contribution is 5.12. The number of aliphatic hydroxyl groups is 1. The molecule has 0 aromatic heterocycles. The first-order valence-corrected chi connectivity index (χ1v) is 5.90. The van der Waals surface area contributed by atoms with Crippen LogP contribution < -0.4 is 0 Å². The normalized spacial score (nSPS) is 28.8. The largest absolute Gasteiger partial charge is 0.385 e. The van der Waals surface area contributed by atoms with E-state index in [0.29, 0.717) is 0 Å². The fourth-order valence-electron chi connectivity index (χ4n) is 2.31. The number of allylic oxidation sites excluding steroid dienone is 1. The molecule has 0 aliphatic heterocycles. The monoisotopic (exact) mass is 208 g/mol. The third-order valence-electron chi connectivity index (χ3n) is 3.11. The SMILES string of the molecule is C=CC(CC(C)(C)C)C1(O)C=CCCC1. The summed E-state index contributed by atoms with van der Waals surface area (Å²) in [5, 5.41) is 10.5. The molecule has 1 nitrogen and oxygen atoms in total. The van der Waals surface area contributed by atoms with Gasteiger partial charge in [0.15, 0.2) is 0 Å². The van der Waals surface area contributed by atoms with Crippen LogP contribution in [0.2, 0.25) is 0 Å². The summed E-state index contributed by atoms with van der Waals surface area (Å²) in [5.74, 6) is 0.175. The number of rotatable bonds is 3. The van der Waals surface area contributed by atoms with E-state index in [9.17, 15) is 5.11 Å². The van der Waals surface area contributed by atoms with Crippen molar-refractivity contribution in [2.24, 2.45) is 11.3 Å². The van der Waals surface area contributed by atoms with Crippen LogP contribution in [0.25, 0.3) is 0 Å². The van der Waals surface area contributed by atoms with Gasteiger partial charge in [0.25, 0.3) is 0 Å². The molecule has 0 saturated heterocycles. The average molecular weight is 208 g/mol. The first kappa shape index (κ1) is 12.5. The molecular formula is C14H24O. The zero-order chi connectivity index (χ0) is 11.5. The molecule has 0 amide bonds. The van der Waals surface area contributed by atoms with E-state index in [1.54, 1.807) is 0 Å².